The molecule has 0 saturated heterocycles. The fourth-order valence-corrected chi connectivity index (χ4v) is 0.950. The molecule has 2 nitrogen and oxygen atoms in total. The molecule has 1 saturated carbocycles. The van der Waals surface area contributed by atoms with Gasteiger partial charge in [0, 0.05) is 0 Å². The Labute approximate surface area is 54.2 Å². The van der Waals surface area contributed by atoms with Gasteiger partial charge in [-0.2, -0.15) is 0 Å². The molecule has 1 fully saturated rings. The standard InChI is InChI=1S/C7H10O2/c1-4(2)5-3-6(5)7(8)9/h6H,3H2,1-2H3,(H,8,9). The molecule has 1 N–H and O–H groups in total. The summed E-state index contributed by atoms with van der Waals surface area (Å²) in [5.74, 6) is -0.818. The first-order valence-electron chi connectivity index (χ1n) is 3.02. The number of carboxylic acids is 1. The van der Waals surface area contributed by atoms with Crippen LogP contribution in [0.2, 0.25) is 0 Å². The third-order valence-electron chi connectivity index (χ3n) is 1.62. The fourth-order valence-electron chi connectivity index (χ4n) is 0.950. The first-order chi connectivity index (χ1) is 4.13. The van der Waals surface area contributed by atoms with E-state index in [1.54, 1.807) is 0 Å². The molecule has 1 unspecified atom stereocenters. The third kappa shape index (κ3) is 1.12. The van der Waals surface area contributed by atoms with E-state index in [4.69, 9.17) is 5.11 Å². The van der Waals surface area contributed by atoms with E-state index < -0.39 is 5.97 Å². The topological polar surface area (TPSA) is 37.3 Å². The van der Waals surface area contributed by atoms with Crippen molar-refractivity contribution in [3.05, 3.63) is 11.1 Å². The maximum Gasteiger partial charge on any atom is 0.310 e. The first kappa shape index (κ1) is 6.33. The number of hydrogen-bond donors (Lipinski definition) is 1. The van der Waals surface area contributed by atoms with Gasteiger partial charge in [0.25, 0.3) is 0 Å². The normalized spacial score (nSPS) is 23.8. The van der Waals surface area contributed by atoms with E-state index in [0.29, 0.717) is 0 Å². The van der Waals surface area contributed by atoms with Gasteiger partial charge in [-0.05, 0) is 20.3 Å². The highest BCUT2D eigenvalue weighted by Crippen LogP contribution is 2.39. The Hall–Kier alpha value is -0.790. The van der Waals surface area contributed by atoms with Crippen LogP contribution >= 0.6 is 0 Å². The summed E-state index contributed by atoms with van der Waals surface area (Å²) in [6.45, 7) is 3.91. The Kier molecular flexibility index (Phi) is 1.31. The van der Waals surface area contributed by atoms with Crippen LogP contribution in [0.25, 0.3) is 0 Å². The Morgan fingerprint density at radius 2 is 2.22 bits per heavy atom. The van der Waals surface area contributed by atoms with E-state index in [1.165, 1.54) is 5.57 Å². The van der Waals surface area contributed by atoms with Crippen LogP contribution in [-0.4, -0.2) is 11.1 Å². The van der Waals surface area contributed by atoms with Crippen molar-refractivity contribution in [2.24, 2.45) is 5.92 Å². The van der Waals surface area contributed by atoms with Crippen molar-refractivity contribution in [2.75, 3.05) is 0 Å². The Bertz CT molecular complexity index is 175. The second-order valence-corrected chi connectivity index (χ2v) is 2.62. The van der Waals surface area contributed by atoms with E-state index in [0.717, 1.165) is 12.0 Å². The van der Waals surface area contributed by atoms with Crippen LogP contribution in [0, 0.1) is 5.92 Å². The van der Waals surface area contributed by atoms with Gasteiger partial charge < -0.3 is 5.11 Å². The van der Waals surface area contributed by atoms with Crippen molar-refractivity contribution < 1.29 is 9.90 Å². The Morgan fingerprint density at radius 3 is 2.33 bits per heavy atom. The Morgan fingerprint density at radius 1 is 1.67 bits per heavy atom. The first-order valence-corrected chi connectivity index (χ1v) is 3.02. The molecular formula is C7H10O2. The minimum atomic E-state index is -0.675. The zero-order valence-electron chi connectivity index (χ0n) is 5.64. The molecule has 9 heavy (non-hydrogen) atoms. The maximum atomic E-state index is 10.2. The van der Waals surface area contributed by atoms with Gasteiger partial charge in [0.15, 0.2) is 0 Å². The molecule has 0 aromatic rings. The van der Waals surface area contributed by atoms with Gasteiger partial charge in [0.05, 0.1) is 5.92 Å². The monoisotopic (exact) mass is 126 g/mol. The van der Waals surface area contributed by atoms with Crippen LogP contribution < -0.4 is 0 Å². The minimum absolute atomic E-state index is 0.144. The molecule has 2 heteroatoms. The van der Waals surface area contributed by atoms with Crippen LogP contribution in [0.4, 0.5) is 0 Å². The lowest BCUT2D eigenvalue weighted by atomic mass is 10.3. The largest absolute Gasteiger partial charge is 0.481 e. The molecule has 0 aromatic carbocycles. The second kappa shape index (κ2) is 1.87. The summed E-state index contributed by atoms with van der Waals surface area (Å²) in [6.07, 6.45) is 0.775. The number of rotatable bonds is 1. The molecule has 0 heterocycles. The number of allylic oxidation sites excluding steroid dienone is 1. The SMILES string of the molecule is CC(C)=C1CC1C(=O)O. The average Bonchev–Trinajstić information content (AvgIpc) is 2.39. The lowest BCUT2D eigenvalue weighted by molar-refractivity contribution is -0.138. The van der Waals surface area contributed by atoms with Crippen LogP contribution in [0.5, 0.6) is 0 Å². The quantitative estimate of drug-likeness (QED) is 0.539. The van der Waals surface area contributed by atoms with Crippen LogP contribution in [0.15, 0.2) is 11.1 Å². The molecule has 50 valence electrons. The number of aliphatic carboxylic acids is 1. The maximum absolute atomic E-state index is 10.2. The summed E-state index contributed by atoms with van der Waals surface area (Å²) in [5.41, 5.74) is 2.28. The molecule has 1 rings (SSSR count). The zero-order valence-corrected chi connectivity index (χ0v) is 5.64. The molecule has 0 bridgehead atoms. The molecule has 1 aliphatic carbocycles. The average molecular weight is 126 g/mol. The van der Waals surface area contributed by atoms with Crippen LogP contribution in [0.1, 0.15) is 20.3 Å². The van der Waals surface area contributed by atoms with E-state index in [-0.39, 0.29) is 5.92 Å². The number of hydrogen-bond acceptors (Lipinski definition) is 1. The highest BCUT2D eigenvalue weighted by molar-refractivity contribution is 5.79. The predicted molar refractivity (Wildman–Crippen MR) is 34.1 cm³/mol. The predicted octanol–water partition coefficient (Wildman–Crippen LogP) is 1.43. The molecule has 1 atom stereocenters. The summed E-state index contributed by atoms with van der Waals surface area (Å²) in [7, 11) is 0. The highest BCUT2D eigenvalue weighted by Gasteiger charge is 2.37. The third-order valence-corrected chi connectivity index (χ3v) is 1.62. The fraction of sp³-hybridized carbons (Fsp3) is 0.571. The van der Waals surface area contributed by atoms with Crippen LogP contribution in [0.3, 0.4) is 0 Å². The van der Waals surface area contributed by atoms with Crippen molar-refractivity contribution in [1.82, 2.24) is 0 Å². The molecule has 0 aromatic heterocycles. The highest BCUT2D eigenvalue weighted by atomic mass is 16.4. The smallest absolute Gasteiger partial charge is 0.310 e. The zero-order chi connectivity index (χ0) is 7.02. The molecule has 0 amide bonds. The van der Waals surface area contributed by atoms with Gasteiger partial charge in [-0.25, -0.2) is 0 Å². The summed E-state index contributed by atoms with van der Waals surface area (Å²) in [4.78, 5) is 10.2. The lowest BCUT2D eigenvalue weighted by Crippen LogP contribution is -1.95. The Balaban J connectivity index is 2.61. The van der Waals surface area contributed by atoms with E-state index in [9.17, 15) is 4.79 Å². The molecular weight excluding hydrogens is 116 g/mol. The van der Waals surface area contributed by atoms with Gasteiger partial charge in [-0.3, -0.25) is 4.79 Å². The molecule has 0 radical (unpaired) electrons. The van der Waals surface area contributed by atoms with Gasteiger partial charge in [-0.1, -0.05) is 11.1 Å². The van der Waals surface area contributed by atoms with Gasteiger partial charge >= 0.3 is 5.97 Å². The number of carbonyl (C=O) groups is 1. The summed E-state index contributed by atoms with van der Waals surface area (Å²) < 4.78 is 0. The van der Waals surface area contributed by atoms with Crippen molar-refractivity contribution in [2.45, 2.75) is 20.3 Å². The van der Waals surface area contributed by atoms with Crippen LogP contribution in [-0.2, 0) is 4.79 Å². The summed E-state index contributed by atoms with van der Waals surface area (Å²) in [6, 6.07) is 0. The summed E-state index contributed by atoms with van der Waals surface area (Å²) in [5, 5.41) is 8.44. The minimum Gasteiger partial charge on any atom is -0.481 e. The van der Waals surface area contributed by atoms with Gasteiger partial charge in [0.1, 0.15) is 0 Å². The van der Waals surface area contributed by atoms with E-state index in [2.05, 4.69) is 0 Å². The van der Waals surface area contributed by atoms with Gasteiger partial charge in [0.2, 0.25) is 0 Å². The summed E-state index contributed by atoms with van der Waals surface area (Å²) >= 11 is 0. The molecule has 1 aliphatic rings. The lowest BCUT2D eigenvalue weighted by Gasteiger charge is -1.83. The second-order valence-electron chi connectivity index (χ2n) is 2.62. The number of carboxylic acid groups (broad SMARTS) is 1. The van der Waals surface area contributed by atoms with Crippen molar-refractivity contribution in [3.63, 3.8) is 0 Å². The van der Waals surface area contributed by atoms with Crippen molar-refractivity contribution in [1.29, 1.82) is 0 Å². The van der Waals surface area contributed by atoms with E-state index in [1.807, 2.05) is 13.8 Å². The van der Waals surface area contributed by atoms with Crippen molar-refractivity contribution >= 4 is 5.97 Å². The van der Waals surface area contributed by atoms with Crippen molar-refractivity contribution in [3.8, 4) is 0 Å². The molecule has 0 aliphatic heterocycles. The van der Waals surface area contributed by atoms with Gasteiger partial charge in [-0.15, -0.1) is 0 Å². The van der Waals surface area contributed by atoms with E-state index >= 15 is 0 Å². The molecule has 0 spiro atoms.